The van der Waals surface area contributed by atoms with E-state index in [9.17, 15) is 18.8 Å². The lowest BCUT2D eigenvalue weighted by Gasteiger charge is -2.18. The molecule has 3 N–H and O–H groups in total. The molecule has 0 unspecified atom stereocenters. The predicted octanol–water partition coefficient (Wildman–Crippen LogP) is 2.90. The molecular formula is C19H15ClFN3O4. The van der Waals surface area contributed by atoms with Crippen LogP contribution in [0.25, 0.3) is 5.69 Å². The maximum atomic E-state index is 13.4. The summed E-state index contributed by atoms with van der Waals surface area (Å²) in [4.78, 5) is 35.9. The number of aliphatic carboxylic acids is 1. The third-order valence-corrected chi connectivity index (χ3v) is 4.34. The highest BCUT2D eigenvalue weighted by atomic mass is 35.5. The van der Waals surface area contributed by atoms with Gasteiger partial charge in [0, 0.05) is 11.1 Å². The van der Waals surface area contributed by atoms with Crippen LogP contribution in [-0.4, -0.2) is 26.8 Å². The van der Waals surface area contributed by atoms with Gasteiger partial charge in [0.05, 0.1) is 18.2 Å². The largest absolute Gasteiger partial charge is 0.481 e. The van der Waals surface area contributed by atoms with Crippen LogP contribution in [0.5, 0.6) is 0 Å². The Morgan fingerprint density at radius 3 is 2.61 bits per heavy atom. The normalized spacial score (nSPS) is 11.8. The molecule has 144 valence electrons. The molecule has 3 aromatic rings. The molecule has 0 spiro atoms. The van der Waals surface area contributed by atoms with E-state index >= 15 is 0 Å². The highest BCUT2D eigenvalue weighted by molar-refractivity contribution is 6.31. The van der Waals surface area contributed by atoms with Gasteiger partial charge < -0.3 is 10.4 Å². The summed E-state index contributed by atoms with van der Waals surface area (Å²) in [6.07, 6.45) is -0.399. The molecule has 0 aliphatic carbocycles. The van der Waals surface area contributed by atoms with E-state index in [-0.39, 0.29) is 11.4 Å². The molecule has 3 rings (SSSR count). The number of carboxylic acids is 1. The van der Waals surface area contributed by atoms with Crippen LogP contribution < -0.4 is 10.9 Å². The van der Waals surface area contributed by atoms with E-state index in [1.54, 1.807) is 24.3 Å². The molecule has 0 aliphatic rings. The van der Waals surface area contributed by atoms with Crippen molar-refractivity contribution in [1.82, 2.24) is 15.1 Å². The number of aromatic nitrogens is 2. The number of carbonyl (C=O) groups is 2. The second-order valence-electron chi connectivity index (χ2n) is 5.97. The number of hydrogen-bond donors (Lipinski definition) is 3. The van der Waals surface area contributed by atoms with Crippen molar-refractivity contribution in [2.45, 2.75) is 12.5 Å². The van der Waals surface area contributed by atoms with Crippen LogP contribution in [0.15, 0.2) is 59.4 Å². The molecule has 0 aliphatic heterocycles. The Hall–Kier alpha value is -3.39. The number of benzene rings is 2. The molecule has 1 aromatic heterocycles. The summed E-state index contributed by atoms with van der Waals surface area (Å²) in [5.41, 5.74) is -0.0101. The Labute approximate surface area is 163 Å². The summed E-state index contributed by atoms with van der Waals surface area (Å²) >= 11 is 6.11. The minimum atomic E-state index is -1.13. The van der Waals surface area contributed by atoms with E-state index in [4.69, 9.17) is 16.7 Å². The SMILES string of the molecule is O=C(O)C[C@H](NC(=O)c1cc(=O)n(-c2cccc(F)c2)[nH]1)c1ccccc1Cl. The summed E-state index contributed by atoms with van der Waals surface area (Å²) < 4.78 is 14.4. The first-order valence-electron chi connectivity index (χ1n) is 8.20. The van der Waals surface area contributed by atoms with Crippen LogP contribution in [0.1, 0.15) is 28.5 Å². The van der Waals surface area contributed by atoms with Crippen LogP contribution in [0.2, 0.25) is 5.02 Å². The van der Waals surface area contributed by atoms with Crippen molar-refractivity contribution in [3.8, 4) is 5.69 Å². The smallest absolute Gasteiger partial charge is 0.305 e. The van der Waals surface area contributed by atoms with Gasteiger partial charge in [-0.15, -0.1) is 0 Å². The molecule has 0 fully saturated rings. The number of H-pyrrole nitrogens is 1. The number of aromatic amines is 1. The molecule has 0 saturated carbocycles. The molecule has 2 aromatic carbocycles. The first-order valence-corrected chi connectivity index (χ1v) is 8.58. The summed E-state index contributed by atoms with van der Waals surface area (Å²) in [5.74, 6) is -2.36. The fourth-order valence-electron chi connectivity index (χ4n) is 2.73. The quantitative estimate of drug-likeness (QED) is 0.588. The van der Waals surface area contributed by atoms with Gasteiger partial charge in [-0.05, 0) is 29.8 Å². The first-order chi connectivity index (χ1) is 13.3. The number of hydrogen-bond acceptors (Lipinski definition) is 3. The lowest BCUT2D eigenvalue weighted by Crippen LogP contribution is -2.30. The number of rotatable bonds is 6. The van der Waals surface area contributed by atoms with Crippen molar-refractivity contribution >= 4 is 23.5 Å². The van der Waals surface area contributed by atoms with E-state index in [1.807, 2.05) is 0 Å². The zero-order valence-electron chi connectivity index (χ0n) is 14.4. The average Bonchev–Trinajstić information content (AvgIpc) is 3.03. The van der Waals surface area contributed by atoms with Gasteiger partial charge >= 0.3 is 5.97 Å². The number of nitrogens with one attached hydrogen (secondary N) is 2. The fourth-order valence-corrected chi connectivity index (χ4v) is 2.99. The Bertz CT molecular complexity index is 1090. The van der Waals surface area contributed by atoms with Gasteiger partial charge in [0.1, 0.15) is 11.5 Å². The van der Waals surface area contributed by atoms with Gasteiger partial charge in [0.15, 0.2) is 0 Å². The average molecular weight is 404 g/mol. The van der Waals surface area contributed by atoms with E-state index in [0.717, 1.165) is 16.8 Å². The molecule has 1 atom stereocenters. The maximum Gasteiger partial charge on any atom is 0.305 e. The van der Waals surface area contributed by atoms with Crippen molar-refractivity contribution < 1.29 is 19.1 Å². The van der Waals surface area contributed by atoms with Gasteiger partial charge in [-0.1, -0.05) is 35.9 Å². The molecule has 9 heteroatoms. The zero-order chi connectivity index (χ0) is 20.3. The van der Waals surface area contributed by atoms with E-state index in [0.29, 0.717) is 10.6 Å². The van der Waals surface area contributed by atoms with Crippen molar-refractivity contribution in [3.05, 3.63) is 87.0 Å². The summed E-state index contributed by atoms with van der Waals surface area (Å²) in [7, 11) is 0. The number of nitrogens with zero attached hydrogens (tertiary/aromatic N) is 1. The summed E-state index contributed by atoms with van der Waals surface area (Å²) in [5, 5.41) is 14.6. The van der Waals surface area contributed by atoms with Crippen molar-refractivity contribution in [1.29, 1.82) is 0 Å². The van der Waals surface area contributed by atoms with E-state index < -0.39 is 35.7 Å². The van der Waals surface area contributed by atoms with Crippen LogP contribution in [0.4, 0.5) is 4.39 Å². The Morgan fingerprint density at radius 1 is 1.18 bits per heavy atom. The first kappa shape index (κ1) is 19.4. The fraction of sp³-hybridized carbons (Fsp3) is 0.105. The second kappa shape index (κ2) is 8.10. The van der Waals surface area contributed by atoms with E-state index in [1.165, 1.54) is 18.2 Å². The van der Waals surface area contributed by atoms with Crippen LogP contribution in [-0.2, 0) is 4.79 Å². The Morgan fingerprint density at radius 2 is 1.93 bits per heavy atom. The maximum absolute atomic E-state index is 13.4. The van der Waals surface area contributed by atoms with Gasteiger partial charge in [-0.3, -0.25) is 19.5 Å². The monoisotopic (exact) mass is 403 g/mol. The minimum absolute atomic E-state index is 0.100. The molecule has 7 nitrogen and oxygen atoms in total. The van der Waals surface area contributed by atoms with Gasteiger partial charge in [0.25, 0.3) is 11.5 Å². The molecule has 0 bridgehead atoms. The highest BCUT2D eigenvalue weighted by Crippen LogP contribution is 2.25. The Balaban J connectivity index is 1.89. The number of carbonyl (C=O) groups excluding carboxylic acids is 1. The lowest BCUT2D eigenvalue weighted by molar-refractivity contribution is -0.137. The van der Waals surface area contributed by atoms with Gasteiger partial charge in [-0.2, -0.15) is 0 Å². The Kier molecular flexibility index (Phi) is 5.60. The summed E-state index contributed by atoms with van der Waals surface area (Å²) in [6.45, 7) is 0. The zero-order valence-corrected chi connectivity index (χ0v) is 15.1. The minimum Gasteiger partial charge on any atom is -0.481 e. The molecular weight excluding hydrogens is 389 g/mol. The van der Waals surface area contributed by atoms with Crippen LogP contribution >= 0.6 is 11.6 Å². The van der Waals surface area contributed by atoms with Crippen molar-refractivity contribution in [3.63, 3.8) is 0 Å². The molecule has 1 heterocycles. The number of halogens is 2. The third-order valence-electron chi connectivity index (χ3n) is 4.00. The van der Waals surface area contributed by atoms with E-state index in [2.05, 4.69) is 10.4 Å². The number of carboxylic acid groups (broad SMARTS) is 1. The lowest BCUT2D eigenvalue weighted by atomic mass is 10.0. The van der Waals surface area contributed by atoms with Gasteiger partial charge in [-0.25, -0.2) is 9.07 Å². The molecule has 0 radical (unpaired) electrons. The van der Waals surface area contributed by atoms with Crippen LogP contribution in [0.3, 0.4) is 0 Å². The van der Waals surface area contributed by atoms with Crippen molar-refractivity contribution in [2.75, 3.05) is 0 Å². The molecule has 1 amide bonds. The third kappa shape index (κ3) is 4.29. The molecule has 28 heavy (non-hydrogen) atoms. The van der Waals surface area contributed by atoms with Crippen molar-refractivity contribution in [2.24, 2.45) is 0 Å². The number of amides is 1. The topological polar surface area (TPSA) is 104 Å². The second-order valence-corrected chi connectivity index (χ2v) is 6.38. The van der Waals surface area contributed by atoms with Crippen LogP contribution in [0, 0.1) is 5.82 Å². The molecule has 0 saturated heterocycles. The highest BCUT2D eigenvalue weighted by Gasteiger charge is 2.22. The summed E-state index contributed by atoms with van der Waals surface area (Å²) in [6, 6.07) is 12.0. The predicted molar refractivity (Wildman–Crippen MR) is 100 cm³/mol. The standard InChI is InChI=1S/C19H15ClFN3O4/c20-14-7-2-1-6-13(14)15(10-18(26)27)22-19(28)16-9-17(25)24(23-16)12-5-3-4-11(21)8-12/h1-9,15,23H,10H2,(H,22,28)(H,26,27)/t15-/m0/s1. The van der Waals surface area contributed by atoms with Gasteiger partial charge in [0.2, 0.25) is 0 Å².